The van der Waals surface area contributed by atoms with Crippen LogP contribution in [0.5, 0.6) is 0 Å². The molecule has 0 spiro atoms. The highest BCUT2D eigenvalue weighted by molar-refractivity contribution is 5.96. The Labute approximate surface area is 84.0 Å². The van der Waals surface area contributed by atoms with Crippen LogP contribution < -0.4 is 5.32 Å². The predicted octanol–water partition coefficient (Wildman–Crippen LogP) is 1.21. The Hall–Kier alpha value is -1.26. The van der Waals surface area contributed by atoms with Gasteiger partial charge in [-0.15, -0.1) is 0 Å². The SMILES string of the molecule is CC(C)N1CNC(=O)N(C(C)C)C1=O. The van der Waals surface area contributed by atoms with Gasteiger partial charge < -0.3 is 10.2 Å². The molecule has 1 heterocycles. The summed E-state index contributed by atoms with van der Waals surface area (Å²) in [6.07, 6.45) is 0. The fourth-order valence-electron chi connectivity index (χ4n) is 1.39. The van der Waals surface area contributed by atoms with Crippen LogP contribution in [0.25, 0.3) is 0 Å². The molecule has 0 aliphatic carbocycles. The summed E-state index contributed by atoms with van der Waals surface area (Å²) >= 11 is 0. The van der Waals surface area contributed by atoms with Crippen LogP contribution in [0.2, 0.25) is 0 Å². The van der Waals surface area contributed by atoms with Gasteiger partial charge in [0.2, 0.25) is 0 Å². The zero-order valence-electron chi connectivity index (χ0n) is 9.07. The first kappa shape index (κ1) is 10.8. The van der Waals surface area contributed by atoms with Gasteiger partial charge in [-0.1, -0.05) is 0 Å². The average Bonchev–Trinajstić information content (AvgIpc) is 2.02. The summed E-state index contributed by atoms with van der Waals surface area (Å²) in [6, 6.07) is -0.519. The topological polar surface area (TPSA) is 52.7 Å². The van der Waals surface area contributed by atoms with Crippen molar-refractivity contribution in [1.82, 2.24) is 15.1 Å². The Bertz CT molecular complexity index is 250. The molecule has 0 bridgehead atoms. The van der Waals surface area contributed by atoms with Gasteiger partial charge in [0.1, 0.15) is 0 Å². The van der Waals surface area contributed by atoms with E-state index in [-0.39, 0.29) is 24.1 Å². The summed E-state index contributed by atoms with van der Waals surface area (Å²) in [4.78, 5) is 26.1. The maximum atomic E-state index is 11.8. The molecule has 1 fully saturated rings. The third-order valence-corrected chi connectivity index (χ3v) is 2.21. The number of nitrogens with zero attached hydrogens (tertiary/aromatic N) is 2. The predicted molar refractivity (Wildman–Crippen MR) is 52.7 cm³/mol. The monoisotopic (exact) mass is 199 g/mol. The molecule has 0 saturated carbocycles. The zero-order valence-corrected chi connectivity index (χ0v) is 9.07. The molecule has 0 aromatic rings. The van der Waals surface area contributed by atoms with Crippen molar-refractivity contribution in [2.45, 2.75) is 39.8 Å². The van der Waals surface area contributed by atoms with E-state index in [0.717, 1.165) is 0 Å². The van der Waals surface area contributed by atoms with E-state index in [0.29, 0.717) is 6.67 Å². The minimum atomic E-state index is -0.304. The quantitative estimate of drug-likeness (QED) is 0.726. The first-order chi connectivity index (χ1) is 6.45. The molecule has 80 valence electrons. The molecule has 14 heavy (non-hydrogen) atoms. The highest BCUT2D eigenvalue weighted by Gasteiger charge is 2.34. The summed E-state index contributed by atoms with van der Waals surface area (Å²) in [6.45, 7) is 7.79. The third kappa shape index (κ3) is 1.81. The second kappa shape index (κ2) is 3.86. The molecule has 0 aromatic carbocycles. The molecule has 5 heteroatoms. The Kier molecular flexibility index (Phi) is 2.98. The van der Waals surface area contributed by atoms with Crippen LogP contribution in [0.15, 0.2) is 0 Å². The van der Waals surface area contributed by atoms with E-state index in [1.807, 2.05) is 27.7 Å². The smallest absolute Gasteiger partial charge is 0.320 e. The third-order valence-electron chi connectivity index (χ3n) is 2.21. The Morgan fingerprint density at radius 3 is 2.14 bits per heavy atom. The van der Waals surface area contributed by atoms with E-state index >= 15 is 0 Å². The number of amides is 4. The lowest BCUT2D eigenvalue weighted by Gasteiger charge is -2.38. The van der Waals surface area contributed by atoms with Crippen molar-refractivity contribution < 1.29 is 9.59 Å². The number of carbonyl (C=O) groups is 2. The van der Waals surface area contributed by atoms with Crippen LogP contribution in [0, 0.1) is 0 Å². The van der Waals surface area contributed by atoms with Gasteiger partial charge in [-0.25, -0.2) is 14.5 Å². The molecule has 5 nitrogen and oxygen atoms in total. The van der Waals surface area contributed by atoms with E-state index in [1.54, 1.807) is 4.90 Å². The highest BCUT2D eigenvalue weighted by Crippen LogP contribution is 2.11. The Balaban J connectivity index is 2.83. The summed E-state index contributed by atoms with van der Waals surface area (Å²) in [5.41, 5.74) is 0. The maximum Gasteiger partial charge on any atom is 0.330 e. The Morgan fingerprint density at radius 2 is 1.71 bits per heavy atom. The fraction of sp³-hybridized carbons (Fsp3) is 0.778. The maximum absolute atomic E-state index is 11.8. The molecule has 0 unspecified atom stereocenters. The van der Waals surface area contributed by atoms with Crippen molar-refractivity contribution in [2.75, 3.05) is 6.67 Å². The van der Waals surface area contributed by atoms with Gasteiger partial charge in [0.25, 0.3) is 0 Å². The van der Waals surface area contributed by atoms with Crippen LogP contribution in [-0.4, -0.2) is 40.6 Å². The number of hydrogen-bond donors (Lipinski definition) is 1. The number of nitrogens with one attached hydrogen (secondary N) is 1. The summed E-state index contributed by atoms with van der Waals surface area (Å²) in [5, 5.41) is 2.67. The van der Waals surface area contributed by atoms with Crippen LogP contribution >= 0.6 is 0 Å². The number of rotatable bonds is 2. The van der Waals surface area contributed by atoms with Crippen molar-refractivity contribution in [2.24, 2.45) is 0 Å². The van der Waals surface area contributed by atoms with Crippen molar-refractivity contribution in [3.05, 3.63) is 0 Å². The van der Waals surface area contributed by atoms with E-state index < -0.39 is 0 Å². The first-order valence-corrected chi connectivity index (χ1v) is 4.82. The van der Waals surface area contributed by atoms with Gasteiger partial charge in [0, 0.05) is 12.1 Å². The molecule has 1 rings (SSSR count). The molecule has 1 N–H and O–H groups in total. The standard InChI is InChI=1S/C9H17N3O2/c1-6(2)11-5-10-8(13)12(7(3)4)9(11)14/h6-7H,5H2,1-4H3,(H,10,13). The van der Waals surface area contributed by atoms with Crippen molar-refractivity contribution in [3.8, 4) is 0 Å². The lowest BCUT2D eigenvalue weighted by atomic mass is 10.3. The number of urea groups is 2. The van der Waals surface area contributed by atoms with Gasteiger partial charge in [-0.05, 0) is 27.7 Å². The van der Waals surface area contributed by atoms with Crippen molar-refractivity contribution in [1.29, 1.82) is 0 Å². The van der Waals surface area contributed by atoms with Gasteiger partial charge in [0.05, 0.1) is 6.67 Å². The molecule has 1 aliphatic heterocycles. The number of carbonyl (C=O) groups excluding carboxylic acids is 2. The molecule has 0 aromatic heterocycles. The summed E-state index contributed by atoms with van der Waals surface area (Å²) in [7, 11) is 0. The van der Waals surface area contributed by atoms with Crippen LogP contribution in [0.1, 0.15) is 27.7 Å². The van der Waals surface area contributed by atoms with Crippen LogP contribution in [-0.2, 0) is 0 Å². The molecule has 0 atom stereocenters. The molecule has 0 radical (unpaired) electrons. The fourth-order valence-corrected chi connectivity index (χ4v) is 1.39. The molecule has 4 amide bonds. The summed E-state index contributed by atoms with van der Waals surface area (Å²) in [5.74, 6) is 0. The minimum absolute atomic E-state index is 0.101. The largest absolute Gasteiger partial charge is 0.330 e. The highest BCUT2D eigenvalue weighted by atomic mass is 16.2. The molecule has 1 saturated heterocycles. The van der Waals surface area contributed by atoms with E-state index in [9.17, 15) is 9.59 Å². The van der Waals surface area contributed by atoms with E-state index in [1.165, 1.54) is 4.90 Å². The van der Waals surface area contributed by atoms with Gasteiger partial charge in [-0.3, -0.25) is 0 Å². The number of imide groups is 1. The van der Waals surface area contributed by atoms with Gasteiger partial charge >= 0.3 is 12.1 Å². The molecule has 1 aliphatic rings. The van der Waals surface area contributed by atoms with Crippen LogP contribution in [0.3, 0.4) is 0 Å². The van der Waals surface area contributed by atoms with Crippen LogP contribution in [0.4, 0.5) is 9.59 Å². The minimum Gasteiger partial charge on any atom is -0.320 e. The normalized spacial score (nSPS) is 18.1. The summed E-state index contributed by atoms with van der Waals surface area (Å²) < 4.78 is 0. The lowest BCUT2D eigenvalue weighted by Crippen LogP contribution is -2.62. The zero-order chi connectivity index (χ0) is 10.9. The second-order valence-corrected chi connectivity index (χ2v) is 3.95. The molecular formula is C9H17N3O2. The second-order valence-electron chi connectivity index (χ2n) is 3.95. The first-order valence-electron chi connectivity index (χ1n) is 4.82. The average molecular weight is 199 g/mol. The van der Waals surface area contributed by atoms with Gasteiger partial charge in [-0.2, -0.15) is 0 Å². The van der Waals surface area contributed by atoms with Crippen molar-refractivity contribution >= 4 is 12.1 Å². The van der Waals surface area contributed by atoms with E-state index in [4.69, 9.17) is 0 Å². The number of hydrogen-bond acceptors (Lipinski definition) is 2. The Morgan fingerprint density at radius 1 is 1.14 bits per heavy atom. The molecular weight excluding hydrogens is 182 g/mol. The lowest BCUT2D eigenvalue weighted by molar-refractivity contribution is 0.110. The van der Waals surface area contributed by atoms with E-state index in [2.05, 4.69) is 5.32 Å². The van der Waals surface area contributed by atoms with Crippen molar-refractivity contribution in [3.63, 3.8) is 0 Å². The van der Waals surface area contributed by atoms with Gasteiger partial charge in [0.15, 0.2) is 0 Å².